The van der Waals surface area contributed by atoms with Gasteiger partial charge in [-0.3, -0.25) is 0 Å². The maximum absolute atomic E-state index is 13.0. The van der Waals surface area contributed by atoms with E-state index in [1.165, 1.54) is 6.07 Å². The molecular weight excluding hydrogens is 187 g/mol. The molecule has 0 aliphatic carbocycles. The smallest absolute Gasteiger partial charge is 0.346 e. The Labute approximate surface area is 78.8 Å². The van der Waals surface area contributed by atoms with Crippen LogP contribution in [0.15, 0.2) is 34.7 Å². The Morgan fingerprint density at radius 3 is 2.79 bits per heavy atom. The minimum absolute atomic E-state index is 0.168. The van der Waals surface area contributed by atoms with E-state index < -0.39 is 12.1 Å². The van der Waals surface area contributed by atoms with Crippen LogP contribution < -0.4 is 0 Å². The van der Waals surface area contributed by atoms with Gasteiger partial charge in [0.25, 0.3) is 6.17 Å². The van der Waals surface area contributed by atoms with Crippen LogP contribution in [0.1, 0.15) is 11.9 Å². The fourth-order valence-corrected chi connectivity index (χ4v) is 1.25. The fourth-order valence-electron chi connectivity index (χ4n) is 1.25. The molecule has 0 fully saturated rings. The molecule has 3 nitrogen and oxygen atoms in total. The van der Waals surface area contributed by atoms with Crippen LogP contribution in [0, 0.1) is 0 Å². The molecule has 0 saturated heterocycles. The van der Waals surface area contributed by atoms with Crippen LogP contribution in [0.2, 0.25) is 0 Å². The average molecular weight is 194 g/mol. The van der Waals surface area contributed by atoms with E-state index in [-0.39, 0.29) is 5.76 Å². The van der Waals surface area contributed by atoms with Crippen LogP contribution in [0.25, 0.3) is 11.0 Å². The van der Waals surface area contributed by atoms with Gasteiger partial charge in [-0.15, -0.1) is 0 Å². The molecule has 4 heteroatoms. The molecule has 1 unspecified atom stereocenters. The molecule has 14 heavy (non-hydrogen) atoms. The Morgan fingerprint density at radius 2 is 2.14 bits per heavy atom. The summed E-state index contributed by atoms with van der Waals surface area (Å²) in [6.07, 6.45) is -2.10. The third kappa shape index (κ3) is 1.35. The van der Waals surface area contributed by atoms with Crippen molar-refractivity contribution in [2.45, 2.75) is 6.17 Å². The number of para-hydroxylation sites is 1. The Kier molecular flexibility index (Phi) is 1.96. The largest absolute Gasteiger partial charge is 0.479 e. The number of aliphatic carboxylic acids is 1. The number of halogens is 1. The highest BCUT2D eigenvalue weighted by Gasteiger charge is 2.22. The van der Waals surface area contributed by atoms with Gasteiger partial charge in [-0.2, -0.15) is 0 Å². The van der Waals surface area contributed by atoms with E-state index in [1.54, 1.807) is 24.3 Å². The van der Waals surface area contributed by atoms with Crippen LogP contribution in [0.4, 0.5) is 4.39 Å². The number of benzene rings is 1. The topological polar surface area (TPSA) is 50.4 Å². The number of fused-ring (bicyclic) bond motifs is 1. The number of alkyl halides is 1. The van der Waals surface area contributed by atoms with E-state index in [4.69, 9.17) is 9.52 Å². The molecule has 0 bridgehead atoms. The summed E-state index contributed by atoms with van der Waals surface area (Å²) < 4.78 is 18.0. The predicted octanol–water partition coefficient (Wildman–Crippen LogP) is 2.53. The Bertz CT molecular complexity index is 442. The van der Waals surface area contributed by atoms with Crippen molar-refractivity contribution in [3.8, 4) is 0 Å². The third-order valence-corrected chi connectivity index (χ3v) is 1.91. The second-order valence-corrected chi connectivity index (χ2v) is 2.89. The van der Waals surface area contributed by atoms with Gasteiger partial charge < -0.3 is 9.52 Å². The molecule has 2 aromatic rings. The molecule has 0 aliphatic heterocycles. The molecule has 0 amide bonds. The number of carbonyl (C=O) groups is 1. The summed E-state index contributed by atoms with van der Waals surface area (Å²) in [5.41, 5.74) is 0.492. The van der Waals surface area contributed by atoms with Crippen molar-refractivity contribution in [1.29, 1.82) is 0 Å². The molecule has 0 radical (unpaired) electrons. The van der Waals surface area contributed by atoms with Gasteiger partial charge in [0.05, 0.1) is 0 Å². The highest BCUT2D eigenvalue weighted by molar-refractivity contribution is 5.80. The summed E-state index contributed by atoms with van der Waals surface area (Å²) in [5.74, 6) is -1.71. The zero-order valence-corrected chi connectivity index (χ0v) is 7.11. The first kappa shape index (κ1) is 8.74. The van der Waals surface area contributed by atoms with Crippen molar-refractivity contribution in [1.82, 2.24) is 0 Å². The van der Waals surface area contributed by atoms with Gasteiger partial charge in [-0.1, -0.05) is 18.2 Å². The van der Waals surface area contributed by atoms with E-state index in [9.17, 15) is 9.18 Å². The summed E-state index contributed by atoms with van der Waals surface area (Å²) in [6.45, 7) is 0. The minimum Gasteiger partial charge on any atom is -0.479 e. The van der Waals surface area contributed by atoms with Gasteiger partial charge in [-0.05, 0) is 12.1 Å². The molecular formula is C10H7FO3. The van der Waals surface area contributed by atoms with Crippen LogP contribution in [-0.4, -0.2) is 11.1 Å². The van der Waals surface area contributed by atoms with Crippen molar-refractivity contribution in [2.24, 2.45) is 0 Å². The Hall–Kier alpha value is -1.84. The van der Waals surface area contributed by atoms with E-state index in [0.717, 1.165) is 0 Å². The van der Waals surface area contributed by atoms with Gasteiger partial charge >= 0.3 is 5.97 Å². The van der Waals surface area contributed by atoms with Crippen LogP contribution in [0.3, 0.4) is 0 Å². The molecule has 0 aliphatic rings. The van der Waals surface area contributed by atoms with Crippen molar-refractivity contribution in [3.63, 3.8) is 0 Å². The maximum Gasteiger partial charge on any atom is 0.346 e. The van der Waals surface area contributed by atoms with Gasteiger partial charge in [0.1, 0.15) is 5.58 Å². The number of rotatable bonds is 2. The lowest BCUT2D eigenvalue weighted by Gasteiger charge is -1.95. The van der Waals surface area contributed by atoms with E-state index in [2.05, 4.69) is 0 Å². The number of carboxylic acids is 1. The molecule has 1 atom stereocenters. The van der Waals surface area contributed by atoms with Crippen LogP contribution >= 0.6 is 0 Å². The zero-order chi connectivity index (χ0) is 10.1. The molecule has 72 valence electrons. The van der Waals surface area contributed by atoms with Gasteiger partial charge in [-0.25, -0.2) is 9.18 Å². The SMILES string of the molecule is O=C(O)C(F)c1cc2ccccc2o1. The number of hydrogen-bond acceptors (Lipinski definition) is 2. The molecule has 1 aromatic carbocycles. The van der Waals surface area contributed by atoms with Crippen LogP contribution in [0.5, 0.6) is 0 Å². The molecule has 0 spiro atoms. The second kappa shape index (κ2) is 3.14. The highest BCUT2D eigenvalue weighted by atomic mass is 19.1. The summed E-state index contributed by atoms with van der Waals surface area (Å²) in [7, 11) is 0. The van der Waals surface area contributed by atoms with E-state index in [1.807, 2.05) is 0 Å². The standard InChI is InChI=1S/C10H7FO3/c11-9(10(12)13)8-5-6-3-1-2-4-7(6)14-8/h1-5,9H,(H,12,13). The lowest BCUT2D eigenvalue weighted by Crippen LogP contribution is -2.04. The van der Waals surface area contributed by atoms with Gasteiger partial charge in [0.2, 0.25) is 0 Å². The van der Waals surface area contributed by atoms with Crippen molar-refractivity contribution in [3.05, 3.63) is 36.1 Å². The molecule has 0 saturated carbocycles. The lowest BCUT2D eigenvalue weighted by atomic mass is 10.2. The molecule has 1 N–H and O–H groups in total. The summed E-state index contributed by atoms with van der Waals surface area (Å²) in [4.78, 5) is 10.3. The van der Waals surface area contributed by atoms with Crippen molar-refractivity contribution in [2.75, 3.05) is 0 Å². The van der Waals surface area contributed by atoms with Gasteiger partial charge in [0, 0.05) is 5.39 Å². The monoisotopic (exact) mass is 194 g/mol. The van der Waals surface area contributed by atoms with Gasteiger partial charge in [0.15, 0.2) is 5.76 Å². The Balaban J connectivity index is 2.50. The summed E-state index contributed by atoms with van der Waals surface area (Å²) >= 11 is 0. The third-order valence-electron chi connectivity index (χ3n) is 1.91. The van der Waals surface area contributed by atoms with Crippen molar-refractivity contribution >= 4 is 16.9 Å². The first-order valence-corrected chi connectivity index (χ1v) is 4.04. The Morgan fingerprint density at radius 1 is 1.43 bits per heavy atom. The fraction of sp³-hybridized carbons (Fsp3) is 0.100. The van der Waals surface area contributed by atoms with Crippen molar-refractivity contribution < 1.29 is 18.7 Å². The number of carboxylic acid groups (broad SMARTS) is 1. The molecule has 1 aromatic heterocycles. The summed E-state index contributed by atoms with van der Waals surface area (Å²) in [6, 6.07) is 8.30. The maximum atomic E-state index is 13.0. The summed E-state index contributed by atoms with van der Waals surface area (Å²) in [5, 5.41) is 9.13. The van der Waals surface area contributed by atoms with E-state index in [0.29, 0.717) is 11.0 Å². The number of hydrogen-bond donors (Lipinski definition) is 1. The minimum atomic E-state index is -2.10. The normalized spacial score (nSPS) is 12.9. The quantitative estimate of drug-likeness (QED) is 0.799. The second-order valence-electron chi connectivity index (χ2n) is 2.89. The average Bonchev–Trinajstić information content (AvgIpc) is 2.59. The van der Waals surface area contributed by atoms with E-state index >= 15 is 0 Å². The molecule has 2 rings (SSSR count). The predicted molar refractivity (Wildman–Crippen MR) is 47.7 cm³/mol. The highest BCUT2D eigenvalue weighted by Crippen LogP contribution is 2.25. The number of furan rings is 1. The first-order valence-electron chi connectivity index (χ1n) is 4.04. The lowest BCUT2D eigenvalue weighted by molar-refractivity contribution is -0.143. The zero-order valence-electron chi connectivity index (χ0n) is 7.11. The molecule has 1 heterocycles. The van der Waals surface area contributed by atoms with Crippen LogP contribution in [-0.2, 0) is 4.79 Å². The first-order chi connectivity index (χ1) is 6.68.